The maximum Gasteiger partial charge on any atom is 0.327 e. The minimum atomic E-state index is -0.875. The minimum Gasteiger partial charge on any atom is -0.345 e. The van der Waals surface area contributed by atoms with E-state index in [9.17, 15) is 14.4 Å². The third-order valence-corrected chi connectivity index (χ3v) is 5.96. The van der Waals surface area contributed by atoms with Crippen molar-refractivity contribution >= 4 is 51.0 Å². The van der Waals surface area contributed by atoms with Crippen molar-refractivity contribution in [1.29, 1.82) is 0 Å². The number of thiophene rings is 1. The minimum absolute atomic E-state index is 0.0599. The zero-order valence-electron chi connectivity index (χ0n) is 14.6. The van der Waals surface area contributed by atoms with Crippen molar-refractivity contribution in [2.45, 2.75) is 44.7 Å². The summed E-state index contributed by atoms with van der Waals surface area (Å²) < 4.78 is 0. The van der Waals surface area contributed by atoms with Crippen LogP contribution >= 0.6 is 23.1 Å². The van der Waals surface area contributed by atoms with Crippen LogP contribution in [-0.2, 0) is 14.4 Å². The number of hydrazine groups is 1. The van der Waals surface area contributed by atoms with E-state index in [1.807, 2.05) is 20.8 Å². The van der Waals surface area contributed by atoms with Crippen LogP contribution < -0.4 is 16.2 Å². The lowest BCUT2D eigenvalue weighted by Crippen LogP contribution is -2.49. The SMILES string of the molecule is Cc1nc(SCC(=O)NNC(=O)C(=O)NC2CC2)c2c(C)c(C)sc2n1. The average Bonchev–Trinajstić information content (AvgIpc) is 3.35. The molecule has 2 heterocycles. The normalized spacial score (nSPS) is 13.5. The van der Waals surface area contributed by atoms with Gasteiger partial charge in [0.25, 0.3) is 0 Å². The van der Waals surface area contributed by atoms with Crippen molar-refractivity contribution in [3.8, 4) is 0 Å². The second-order valence-electron chi connectivity index (χ2n) is 6.08. The Morgan fingerprint density at radius 3 is 2.54 bits per heavy atom. The molecule has 1 fully saturated rings. The van der Waals surface area contributed by atoms with Crippen molar-refractivity contribution < 1.29 is 14.4 Å². The second kappa shape index (κ2) is 7.58. The zero-order valence-corrected chi connectivity index (χ0v) is 16.3. The van der Waals surface area contributed by atoms with Crippen LogP contribution in [0.25, 0.3) is 10.2 Å². The molecule has 1 saturated carbocycles. The van der Waals surface area contributed by atoms with Crippen LogP contribution in [0, 0.1) is 20.8 Å². The van der Waals surface area contributed by atoms with Crippen LogP contribution in [0.2, 0.25) is 0 Å². The van der Waals surface area contributed by atoms with Gasteiger partial charge in [-0.25, -0.2) is 9.97 Å². The van der Waals surface area contributed by atoms with E-state index in [1.54, 1.807) is 11.3 Å². The molecule has 0 saturated heterocycles. The molecule has 0 atom stereocenters. The molecule has 3 amide bonds. The molecule has 0 aromatic carbocycles. The first-order valence-electron chi connectivity index (χ1n) is 8.12. The number of aromatic nitrogens is 2. The standard InChI is InChI=1S/C16H19N5O3S2/c1-7-8(2)26-16-12(7)15(17-9(3)18-16)25-6-11(22)20-21-14(24)13(23)19-10-4-5-10/h10H,4-6H2,1-3H3,(H,19,23)(H,20,22)(H,21,24). The summed E-state index contributed by atoms with van der Waals surface area (Å²) in [5, 5.41) is 4.25. The third-order valence-electron chi connectivity index (χ3n) is 3.88. The van der Waals surface area contributed by atoms with E-state index in [0.29, 0.717) is 5.82 Å². The molecule has 138 valence electrons. The van der Waals surface area contributed by atoms with E-state index in [2.05, 4.69) is 26.1 Å². The molecule has 0 radical (unpaired) electrons. The van der Waals surface area contributed by atoms with Crippen LogP contribution in [0.5, 0.6) is 0 Å². The molecular weight excluding hydrogens is 374 g/mol. The Balaban J connectivity index is 1.56. The summed E-state index contributed by atoms with van der Waals surface area (Å²) >= 11 is 2.87. The number of aryl methyl sites for hydroxylation is 3. The van der Waals surface area contributed by atoms with Crippen LogP contribution in [-0.4, -0.2) is 39.5 Å². The molecule has 8 nitrogen and oxygen atoms in total. The Kier molecular flexibility index (Phi) is 5.42. The molecule has 0 unspecified atom stereocenters. The Labute approximate surface area is 158 Å². The molecule has 10 heteroatoms. The van der Waals surface area contributed by atoms with Gasteiger partial charge < -0.3 is 5.32 Å². The summed E-state index contributed by atoms with van der Waals surface area (Å²) in [6, 6.07) is 0.0835. The van der Waals surface area contributed by atoms with E-state index in [0.717, 1.165) is 33.6 Å². The van der Waals surface area contributed by atoms with Gasteiger partial charge in [-0.15, -0.1) is 11.3 Å². The number of hydrogen-bond acceptors (Lipinski definition) is 7. The number of rotatable bonds is 4. The molecule has 1 aliphatic rings. The van der Waals surface area contributed by atoms with Gasteiger partial charge in [0.15, 0.2) is 0 Å². The van der Waals surface area contributed by atoms with Crippen molar-refractivity contribution in [1.82, 2.24) is 26.1 Å². The Morgan fingerprint density at radius 2 is 1.85 bits per heavy atom. The summed E-state index contributed by atoms with van der Waals surface area (Å²) in [6.45, 7) is 5.85. The van der Waals surface area contributed by atoms with Gasteiger partial charge in [-0.05, 0) is 39.2 Å². The smallest absolute Gasteiger partial charge is 0.327 e. The highest BCUT2D eigenvalue weighted by molar-refractivity contribution is 8.00. The molecule has 2 aromatic rings. The summed E-state index contributed by atoms with van der Waals surface area (Å²) in [4.78, 5) is 46.0. The molecule has 2 aromatic heterocycles. The van der Waals surface area contributed by atoms with Crippen LogP contribution in [0.1, 0.15) is 29.1 Å². The predicted molar refractivity (Wildman–Crippen MR) is 99.8 cm³/mol. The van der Waals surface area contributed by atoms with Gasteiger partial charge in [0.2, 0.25) is 5.91 Å². The van der Waals surface area contributed by atoms with E-state index in [4.69, 9.17) is 0 Å². The first-order valence-corrected chi connectivity index (χ1v) is 9.92. The molecule has 1 aliphatic carbocycles. The highest BCUT2D eigenvalue weighted by Crippen LogP contribution is 2.34. The van der Waals surface area contributed by atoms with E-state index >= 15 is 0 Å². The van der Waals surface area contributed by atoms with Crippen molar-refractivity contribution in [2.75, 3.05) is 5.75 Å². The summed E-state index contributed by atoms with van der Waals surface area (Å²) in [5.74, 6) is -1.33. The number of nitrogens with zero attached hydrogens (tertiary/aromatic N) is 2. The van der Waals surface area contributed by atoms with E-state index in [-0.39, 0.29) is 11.8 Å². The maximum atomic E-state index is 12.0. The fraction of sp³-hybridized carbons (Fsp3) is 0.438. The molecule has 0 aliphatic heterocycles. The van der Waals surface area contributed by atoms with Gasteiger partial charge in [-0.3, -0.25) is 25.2 Å². The lowest BCUT2D eigenvalue weighted by molar-refractivity contribution is -0.140. The molecule has 0 bridgehead atoms. The number of nitrogens with one attached hydrogen (secondary N) is 3. The molecule has 0 spiro atoms. The monoisotopic (exact) mass is 393 g/mol. The van der Waals surface area contributed by atoms with Crippen LogP contribution in [0.4, 0.5) is 0 Å². The van der Waals surface area contributed by atoms with Gasteiger partial charge in [0, 0.05) is 16.3 Å². The van der Waals surface area contributed by atoms with Gasteiger partial charge in [0.1, 0.15) is 15.7 Å². The van der Waals surface area contributed by atoms with Gasteiger partial charge in [-0.1, -0.05) is 11.8 Å². The Morgan fingerprint density at radius 1 is 1.12 bits per heavy atom. The number of fused-ring (bicyclic) bond motifs is 1. The van der Waals surface area contributed by atoms with E-state index < -0.39 is 17.7 Å². The fourth-order valence-electron chi connectivity index (χ4n) is 2.25. The summed E-state index contributed by atoms with van der Waals surface area (Å²) in [5.41, 5.74) is 5.48. The third kappa shape index (κ3) is 4.31. The van der Waals surface area contributed by atoms with Crippen LogP contribution in [0.3, 0.4) is 0 Å². The fourth-order valence-corrected chi connectivity index (χ4v) is 4.32. The van der Waals surface area contributed by atoms with Gasteiger partial charge >= 0.3 is 11.8 Å². The maximum absolute atomic E-state index is 12.0. The van der Waals surface area contributed by atoms with Crippen molar-refractivity contribution in [3.63, 3.8) is 0 Å². The van der Waals surface area contributed by atoms with Crippen LogP contribution in [0.15, 0.2) is 5.03 Å². The van der Waals surface area contributed by atoms with E-state index in [1.165, 1.54) is 16.6 Å². The highest BCUT2D eigenvalue weighted by atomic mass is 32.2. The number of carbonyl (C=O) groups is 3. The lowest BCUT2D eigenvalue weighted by atomic mass is 10.2. The second-order valence-corrected chi connectivity index (χ2v) is 8.25. The zero-order chi connectivity index (χ0) is 18.8. The van der Waals surface area contributed by atoms with Gasteiger partial charge in [0.05, 0.1) is 5.75 Å². The molecule has 26 heavy (non-hydrogen) atoms. The predicted octanol–water partition coefficient (Wildman–Crippen LogP) is 1.13. The topological polar surface area (TPSA) is 113 Å². The number of carbonyl (C=O) groups excluding carboxylic acids is 3. The van der Waals surface area contributed by atoms with Crippen molar-refractivity contribution in [2.24, 2.45) is 0 Å². The molecule has 3 N–H and O–H groups in total. The highest BCUT2D eigenvalue weighted by Gasteiger charge is 2.26. The van der Waals surface area contributed by atoms with Gasteiger partial charge in [-0.2, -0.15) is 0 Å². The quantitative estimate of drug-likeness (QED) is 0.311. The molecule has 3 rings (SSSR count). The summed E-state index contributed by atoms with van der Waals surface area (Å²) in [6.07, 6.45) is 1.77. The number of amides is 3. The Bertz CT molecular complexity index is 892. The number of hydrogen-bond donors (Lipinski definition) is 3. The summed E-state index contributed by atoms with van der Waals surface area (Å²) in [7, 11) is 0. The average molecular weight is 393 g/mol. The first kappa shape index (κ1) is 18.6. The largest absolute Gasteiger partial charge is 0.345 e. The first-order chi connectivity index (χ1) is 12.3. The van der Waals surface area contributed by atoms with Crippen molar-refractivity contribution in [3.05, 3.63) is 16.3 Å². The number of thioether (sulfide) groups is 1. The Hall–Kier alpha value is -2.20. The lowest BCUT2D eigenvalue weighted by Gasteiger charge is -2.08. The molecular formula is C16H19N5O3S2.